The van der Waals surface area contributed by atoms with Crippen LogP contribution in [0.4, 0.5) is 0 Å². The summed E-state index contributed by atoms with van der Waals surface area (Å²) in [5.74, 6) is 1.25. The Labute approximate surface area is 113 Å². The maximum Gasteiger partial charge on any atom is 0.246 e. The van der Waals surface area contributed by atoms with Crippen molar-refractivity contribution in [1.82, 2.24) is 10.2 Å². The number of aromatic nitrogens is 2. The highest BCUT2D eigenvalue weighted by Crippen LogP contribution is 2.27. The van der Waals surface area contributed by atoms with Crippen LogP contribution in [0.3, 0.4) is 0 Å². The number of fused-ring (bicyclic) bond motifs is 1. The number of halogens is 1. The summed E-state index contributed by atoms with van der Waals surface area (Å²) in [6, 6.07) is 15.5. The third-order valence-corrected chi connectivity index (χ3v) is 3.04. The van der Waals surface area contributed by atoms with Gasteiger partial charge in [-0.15, -0.1) is 5.10 Å². The molecule has 0 saturated heterocycles. The number of benzene rings is 2. The van der Waals surface area contributed by atoms with Gasteiger partial charge in [-0.05, 0) is 24.3 Å². The van der Waals surface area contributed by atoms with E-state index < -0.39 is 0 Å². The highest BCUT2D eigenvalue weighted by Gasteiger charge is 2.05. The highest BCUT2D eigenvalue weighted by atomic mass is 79.9. The summed E-state index contributed by atoms with van der Waals surface area (Å²) in [7, 11) is 0. The molecule has 2 aromatic carbocycles. The molecule has 0 bridgehead atoms. The van der Waals surface area contributed by atoms with Crippen LogP contribution >= 0.6 is 15.9 Å². The molecule has 0 aliphatic carbocycles. The summed E-state index contributed by atoms with van der Waals surface area (Å²) in [6.45, 7) is 0. The van der Waals surface area contributed by atoms with Crippen molar-refractivity contribution in [2.75, 3.05) is 0 Å². The van der Waals surface area contributed by atoms with Gasteiger partial charge in [0.05, 0.1) is 6.20 Å². The van der Waals surface area contributed by atoms with Gasteiger partial charge < -0.3 is 4.74 Å². The molecule has 0 fully saturated rings. The molecule has 0 spiro atoms. The lowest BCUT2D eigenvalue weighted by molar-refractivity contribution is 0.461. The third kappa shape index (κ3) is 2.19. The van der Waals surface area contributed by atoms with Crippen molar-refractivity contribution < 1.29 is 4.74 Å². The molecule has 18 heavy (non-hydrogen) atoms. The molecule has 0 radical (unpaired) electrons. The summed E-state index contributed by atoms with van der Waals surface area (Å²) in [5.41, 5.74) is 0. The van der Waals surface area contributed by atoms with Crippen molar-refractivity contribution in [2.45, 2.75) is 0 Å². The lowest BCUT2D eigenvalue weighted by Crippen LogP contribution is -1.91. The Bertz CT molecular complexity index is 695. The van der Waals surface area contributed by atoms with Gasteiger partial charge in [-0.3, -0.25) is 0 Å². The van der Waals surface area contributed by atoms with Crippen LogP contribution in [0.15, 0.2) is 59.2 Å². The van der Waals surface area contributed by atoms with Gasteiger partial charge >= 0.3 is 0 Å². The molecule has 0 N–H and O–H groups in total. The van der Waals surface area contributed by atoms with E-state index in [0.29, 0.717) is 5.88 Å². The average molecular weight is 301 g/mol. The molecular weight excluding hydrogens is 292 g/mol. The molecule has 0 atom stereocenters. The number of rotatable bonds is 2. The molecule has 3 aromatic rings. The van der Waals surface area contributed by atoms with Crippen LogP contribution in [-0.4, -0.2) is 10.2 Å². The second-order valence-electron chi connectivity index (χ2n) is 3.80. The van der Waals surface area contributed by atoms with Crippen LogP contribution < -0.4 is 4.74 Å². The molecule has 0 aliphatic heterocycles. The second-order valence-corrected chi connectivity index (χ2v) is 4.71. The number of ether oxygens (including phenoxy) is 1. The SMILES string of the molecule is Brc1cccc(Oc2nncc3ccccc23)c1. The van der Waals surface area contributed by atoms with Crippen LogP contribution in [0, 0.1) is 0 Å². The minimum absolute atomic E-state index is 0.520. The van der Waals surface area contributed by atoms with Gasteiger partial charge in [-0.1, -0.05) is 40.2 Å². The van der Waals surface area contributed by atoms with E-state index in [9.17, 15) is 0 Å². The zero-order valence-electron chi connectivity index (χ0n) is 9.38. The van der Waals surface area contributed by atoms with Gasteiger partial charge in [0.25, 0.3) is 0 Å². The van der Waals surface area contributed by atoms with Crippen molar-refractivity contribution in [3.63, 3.8) is 0 Å². The lowest BCUT2D eigenvalue weighted by Gasteiger charge is -2.06. The van der Waals surface area contributed by atoms with Crippen LogP contribution in [0.25, 0.3) is 10.8 Å². The maximum absolute atomic E-state index is 5.77. The summed E-state index contributed by atoms with van der Waals surface area (Å²) < 4.78 is 6.73. The molecular formula is C14H9BrN2O. The zero-order chi connectivity index (χ0) is 12.4. The van der Waals surface area contributed by atoms with E-state index in [0.717, 1.165) is 21.0 Å². The Hall–Kier alpha value is -1.94. The first-order chi connectivity index (χ1) is 8.83. The number of hydrogen-bond donors (Lipinski definition) is 0. The van der Waals surface area contributed by atoms with E-state index in [1.165, 1.54) is 0 Å². The lowest BCUT2D eigenvalue weighted by atomic mass is 10.2. The topological polar surface area (TPSA) is 35.0 Å². The number of nitrogens with zero attached hydrogens (tertiary/aromatic N) is 2. The summed E-state index contributed by atoms with van der Waals surface area (Å²) >= 11 is 3.41. The normalized spacial score (nSPS) is 10.5. The molecule has 0 unspecified atom stereocenters. The molecule has 1 heterocycles. The Morgan fingerprint density at radius 1 is 1.00 bits per heavy atom. The standard InChI is InChI=1S/C14H9BrN2O/c15-11-5-3-6-12(8-11)18-14-13-7-2-1-4-10(13)9-16-17-14/h1-9H. The van der Waals surface area contributed by atoms with Crippen LogP contribution in [0.2, 0.25) is 0 Å². The fraction of sp³-hybridized carbons (Fsp3) is 0. The monoisotopic (exact) mass is 300 g/mol. The molecule has 4 heteroatoms. The van der Waals surface area contributed by atoms with Gasteiger partial charge in [-0.25, -0.2) is 0 Å². The van der Waals surface area contributed by atoms with E-state index in [4.69, 9.17) is 4.74 Å². The van der Waals surface area contributed by atoms with E-state index in [-0.39, 0.29) is 0 Å². The van der Waals surface area contributed by atoms with Crippen LogP contribution in [0.5, 0.6) is 11.6 Å². The smallest absolute Gasteiger partial charge is 0.246 e. The predicted molar refractivity (Wildman–Crippen MR) is 73.8 cm³/mol. The van der Waals surface area contributed by atoms with Crippen molar-refractivity contribution in [3.05, 3.63) is 59.2 Å². The van der Waals surface area contributed by atoms with Crippen molar-refractivity contribution in [1.29, 1.82) is 0 Å². The molecule has 1 aromatic heterocycles. The van der Waals surface area contributed by atoms with Crippen LogP contribution in [0.1, 0.15) is 0 Å². The Morgan fingerprint density at radius 2 is 1.89 bits per heavy atom. The maximum atomic E-state index is 5.77. The first kappa shape index (κ1) is 11.2. The van der Waals surface area contributed by atoms with Gasteiger partial charge in [0.1, 0.15) is 5.75 Å². The molecule has 0 amide bonds. The highest BCUT2D eigenvalue weighted by molar-refractivity contribution is 9.10. The van der Waals surface area contributed by atoms with Crippen molar-refractivity contribution in [3.8, 4) is 11.6 Å². The Morgan fingerprint density at radius 3 is 2.78 bits per heavy atom. The first-order valence-electron chi connectivity index (χ1n) is 5.47. The predicted octanol–water partition coefficient (Wildman–Crippen LogP) is 4.18. The van der Waals surface area contributed by atoms with E-state index in [1.54, 1.807) is 6.20 Å². The zero-order valence-corrected chi connectivity index (χ0v) is 11.0. The third-order valence-electron chi connectivity index (χ3n) is 2.55. The number of hydrogen-bond acceptors (Lipinski definition) is 3. The molecule has 0 saturated carbocycles. The molecule has 3 nitrogen and oxygen atoms in total. The minimum atomic E-state index is 0.520. The minimum Gasteiger partial charge on any atom is -0.437 e. The summed E-state index contributed by atoms with van der Waals surface area (Å²) in [4.78, 5) is 0. The molecule has 3 rings (SSSR count). The largest absolute Gasteiger partial charge is 0.437 e. The van der Waals surface area contributed by atoms with Crippen molar-refractivity contribution in [2.24, 2.45) is 0 Å². The van der Waals surface area contributed by atoms with Gasteiger partial charge in [0.2, 0.25) is 5.88 Å². The van der Waals surface area contributed by atoms with Gasteiger partial charge in [-0.2, -0.15) is 5.10 Å². The second kappa shape index (κ2) is 4.74. The summed E-state index contributed by atoms with van der Waals surface area (Å²) in [5, 5.41) is 9.95. The quantitative estimate of drug-likeness (QED) is 0.712. The van der Waals surface area contributed by atoms with Gasteiger partial charge in [0.15, 0.2) is 0 Å². The van der Waals surface area contributed by atoms with Crippen molar-refractivity contribution >= 4 is 26.7 Å². The Balaban J connectivity index is 2.05. The van der Waals surface area contributed by atoms with E-state index in [2.05, 4.69) is 26.1 Å². The fourth-order valence-electron chi connectivity index (χ4n) is 1.72. The summed E-state index contributed by atoms with van der Waals surface area (Å²) in [6.07, 6.45) is 1.73. The molecule has 0 aliphatic rings. The van der Waals surface area contributed by atoms with Gasteiger partial charge in [0, 0.05) is 15.2 Å². The van der Waals surface area contributed by atoms with Crippen LogP contribution in [-0.2, 0) is 0 Å². The Kier molecular flexibility index (Phi) is 2.94. The average Bonchev–Trinajstić information content (AvgIpc) is 2.39. The molecule has 88 valence electrons. The fourth-order valence-corrected chi connectivity index (χ4v) is 2.10. The van der Waals surface area contributed by atoms with E-state index in [1.807, 2.05) is 48.5 Å². The first-order valence-corrected chi connectivity index (χ1v) is 6.26. The van der Waals surface area contributed by atoms with E-state index >= 15 is 0 Å².